The molecule has 0 saturated carbocycles. The number of likely N-dealkylation sites (tertiary alicyclic amines) is 2. The first-order chi connectivity index (χ1) is 16.4. The fraction of sp³-hybridized carbons (Fsp3) is 0.417. The van der Waals surface area contributed by atoms with Crippen LogP contribution in [0, 0.1) is 5.41 Å². The molecule has 2 fully saturated rings. The van der Waals surface area contributed by atoms with Gasteiger partial charge in [-0.3, -0.25) is 9.59 Å². The van der Waals surface area contributed by atoms with Gasteiger partial charge < -0.3 is 24.4 Å². The Hall–Kier alpha value is -3.60. The summed E-state index contributed by atoms with van der Waals surface area (Å²) in [5, 5.41) is 10.2. The number of rotatable bonds is 4. The van der Waals surface area contributed by atoms with Crippen LogP contribution in [0.15, 0.2) is 36.7 Å². The van der Waals surface area contributed by atoms with Crippen LogP contribution < -0.4 is 9.47 Å². The van der Waals surface area contributed by atoms with Gasteiger partial charge in [0.25, 0.3) is 5.91 Å². The summed E-state index contributed by atoms with van der Waals surface area (Å²) in [6, 6.07) is 5.81. The van der Waals surface area contributed by atoms with Crippen molar-refractivity contribution in [1.82, 2.24) is 19.8 Å². The lowest BCUT2D eigenvalue weighted by molar-refractivity contribution is -0.286. The molecule has 2 saturated heterocycles. The second kappa shape index (κ2) is 7.98. The van der Waals surface area contributed by atoms with E-state index in [4.69, 9.17) is 0 Å². The summed E-state index contributed by atoms with van der Waals surface area (Å²) in [5.74, 6) is -0.565. The minimum Gasteiger partial charge on any atom is -0.395 e. The van der Waals surface area contributed by atoms with Gasteiger partial charge in [0.2, 0.25) is 5.91 Å². The molecule has 0 bridgehead atoms. The fourth-order valence-corrected chi connectivity index (χ4v) is 4.60. The molecular formula is C24H24F2N4O5. The summed E-state index contributed by atoms with van der Waals surface area (Å²) < 4.78 is 35.1. The minimum atomic E-state index is -3.69. The normalized spacial score (nSPS) is 19.9. The number of fused-ring (bicyclic) bond motifs is 1. The third-order valence-corrected chi connectivity index (χ3v) is 6.45. The van der Waals surface area contributed by atoms with E-state index < -0.39 is 11.9 Å². The molecule has 0 radical (unpaired) electrons. The van der Waals surface area contributed by atoms with Crippen molar-refractivity contribution in [2.24, 2.45) is 5.41 Å². The predicted octanol–water partition coefficient (Wildman–Crippen LogP) is 2.41. The molecule has 9 nitrogen and oxygen atoms in total. The first kappa shape index (κ1) is 23.2. The third-order valence-electron chi connectivity index (χ3n) is 6.45. The highest BCUT2D eigenvalue weighted by Crippen LogP contribution is 2.42. The molecule has 5 rings (SSSR count). The Morgan fingerprint density at radius 2 is 1.80 bits per heavy atom. The van der Waals surface area contributed by atoms with Gasteiger partial charge in [-0.05, 0) is 50.1 Å². The van der Waals surface area contributed by atoms with Crippen molar-refractivity contribution in [3.8, 4) is 11.5 Å². The molecule has 11 heteroatoms. The molecular weight excluding hydrogens is 462 g/mol. The van der Waals surface area contributed by atoms with Crippen LogP contribution in [0.1, 0.15) is 42.0 Å². The van der Waals surface area contributed by atoms with E-state index in [9.17, 15) is 23.5 Å². The molecule has 35 heavy (non-hydrogen) atoms. The average Bonchev–Trinajstić information content (AvgIpc) is 3.35. The van der Waals surface area contributed by atoms with E-state index in [1.54, 1.807) is 29.7 Å². The highest BCUT2D eigenvalue weighted by atomic mass is 19.3. The molecule has 3 aliphatic heterocycles. The van der Waals surface area contributed by atoms with Gasteiger partial charge in [0.1, 0.15) is 17.6 Å². The maximum atomic E-state index is 13.2. The molecule has 0 unspecified atom stereocenters. The number of amides is 2. The van der Waals surface area contributed by atoms with E-state index in [2.05, 4.69) is 19.4 Å². The largest absolute Gasteiger partial charge is 0.586 e. The molecule has 1 aromatic carbocycles. The number of halogens is 2. The minimum absolute atomic E-state index is 0.0539. The number of nitrogens with zero attached hydrogens (tertiary/aromatic N) is 4. The van der Waals surface area contributed by atoms with Crippen molar-refractivity contribution in [1.29, 1.82) is 0 Å². The number of carbonyl (C=O) groups is 2. The van der Waals surface area contributed by atoms with Gasteiger partial charge in [-0.2, -0.15) is 0 Å². The van der Waals surface area contributed by atoms with Gasteiger partial charge in [0.05, 0.1) is 5.69 Å². The maximum Gasteiger partial charge on any atom is 0.586 e. The summed E-state index contributed by atoms with van der Waals surface area (Å²) in [4.78, 5) is 37.0. The number of hydrogen-bond acceptors (Lipinski definition) is 7. The lowest BCUT2D eigenvalue weighted by Crippen LogP contribution is -2.59. The molecule has 4 heterocycles. The van der Waals surface area contributed by atoms with Gasteiger partial charge in [0.15, 0.2) is 11.5 Å². The smallest absolute Gasteiger partial charge is 0.395 e. The quantitative estimate of drug-likeness (QED) is 0.662. The SMILES string of the molecule is CC(C)(O)c1cc(C(=O)N2CCC3(CN(C(=O)/C=C/c4ccc5c(c4)OC(F)(F)O5)C3)C2)ncn1. The Balaban J connectivity index is 1.17. The number of ether oxygens (including phenoxy) is 2. The highest BCUT2D eigenvalue weighted by Gasteiger charge is 2.50. The van der Waals surface area contributed by atoms with E-state index in [1.165, 1.54) is 36.7 Å². The predicted molar refractivity (Wildman–Crippen MR) is 118 cm³/mol. The monoisotopic (exact) mass is 486 g/mol. The molecule has 0 aliphatic carbocycles. The van der Waals surface area contributed by atoms with Gasteiger partial charge in [0, 0.05) is 37.7 Å². The Kier molecular flexibility index (Phi) is 5.28. The molecule has 2 aromatic rings. The molecule has 1 aromatic heterocycles. The Labute approximate surface area is 200 Å². The van der Waals surface area contributed by atoms with Crippen LogP contribution in [-0.4, -0.2) is 69.2 Å². The van der Waals surface area contributed by atoms with Crippen molar-refractivity contribution in [3.05, 3.63) is 53.6 Å². The van der Waals surface area contributed by atoms with Crippen LogP contribution in [0.4, 0.5) is 8.78 Å². The second-order valence-corrected chi connectivity index (χ2v) is 9.73. The Morgan fingerprint density at radius 1 is 1.09 bits per heavy atom. The molecule has 184 valence electrons. The van der Waals surface area contributed by atoms with Crippen LogP contribution in [0.3, 0.4) is 0 Å². The molecule has 3 aliphatic rings. The number of aromatic nitrogens is 2. The van der Waals surface area contributed by atoms with E-state index in [1.807, 2.05) is 0 Å². The summed E-state index contributed by atoms with van der Waals surface area (Å²) in [7, 11) is 0. The maximum absolute atomic E-state index is 13.2. The van der Waals surface area contributed by atoms with Gasteiger partial charge in [-0.1, -0.05) is 6.07 Å². The standard InChI is InChI=1S/C24H24F2N4O5/c1-22(2,33)19-10-16(27-14-28-19)21(32)29-8-7-23(11-29)12-30(13-23)20(31)6-4-15-3-5-17-18(9-15)35-24(25,26)34-17/h3-6,9-10,14,33H,7-8,11-13H2,1-2H3/b6-4+. The van der Waals surface area contributed by atoms with E-state index >= 15 is 0 Å². The molecule has 1 N–H and O–H groups in total. The van der Waals surface area contributed by atoms with Crippen LogP contribution in [0.25, 0.3) is 6.08 Å². The zero-order valence-corrected chi connectivity index (χ0v) is 19.2. The van der Waals surface area contributed by atoms with E-state index in [0.29, 0.717) is 37.4 Å². The topological polar surface area (TPSA) is 105 Å². The number of hydrogen-bond donors (Lipinski definition) is 1. The first-order valence-electron chi connectivity index (χ1n) is 11.1. The number of alkyl halides is 2. The Bertz CT molecular complexity index is 1220. The second-order valence-electron chi connectivity index (χ2n) is 9.73. The van der Waals surface area contributed by atoms with Crippen LogP contribution in [0.2, 0.25) is 0 Å². The summed E-state index contributed by atoms with van der Waals surface area (Å²) in [6.45, 7) is 5.29. The van der Waals surface area contributed by atoms with Gasteiger partial charge in [-0.15, -0.1) is 8.78 Å². The number of carbonyl (C=O) groups excluding carboxylic acids is 2. The fourth-order valence-electron chi connectivity index (χ4n) is 4.60. The Morgan fingerprint density at radius 3 is 2.54 bits per heavy atom. The van der Waals surface area contributed by atoms with Crippen molar-refractivity contribution in [2.45, 2.75) is 32.2 Å². The van der Waals surface area contributed by atoms with Crippen molar-refractivity contribution in [3.63, 3.8) is 0 Å². The average molecular weight is 486 g/mol. The first-order valence-corrected chi connectivity index (χ1v) is 11.1. The van der Waals surface area contributed by atoms with Crippen LogP contribution >= 0.6 is 0 Å². The third kappa shape index (κ3) is 4.55. The molecule has 2 amide bonds. The van der Waals surface area contributed by atoms with Crippen molar-refractivity contribution < 1.29 is 33.0 Å². The van der Waals surface area contributed by atoms with E-state index in [-0.39, 0.29) is 34.4 Å². The summed E-state index contributed by atoms with van der Waals surface area (Å²) in [5.41, 5.74) is -0.214. The lowest BCUT2D eigenvalue weighted by Gasteiger charge is -2.47. The summed E-state index contributed by atoms with van der Waals surface area (Å²) >= 11 is 0. The summed E-state index contributed by atoms with van der Waals surface area (Å²) in [6.07, 6.45) is 1.28. The number of aliphatic hydroxyl groups is 1. The molecule has 1 spiro atoms. The van der Waals surface area contributed by atoms with Crippen molar-refractivity contribution >= 4 is 17.9 Å². The van der Waals surface area contributed by atoms with Crippen molar-refractivity contribution in [2.75, 3.05) is 26.2 Å². The molecule has 0 atom stereocenters. The van der Waals surface area contributed by atoms with E-state index in [0.717, 1.165) is 6.42 Å². The zero-order valence-electron chi connectivity index (χ0n) is 19.2. The zero-order chi connectivity index (χ0) is 25.0. The highest BCUT2D eigenvalue weighted by molar-refractivity contribution is 5.93. The van der Waals surface area contributed by atoms with Crippen LogP contribution in [0.5, 0.6) is 11.5 Å². The number of benzene rings is 1. The van der Waals surface area contributed by atoms with Gasteiger partial charge in [-0.25, -0.2) is 9.97 Å². The van der Waals surface area contributed by atoms with Gasteiger partial charge >= 0.3 is 6.29 Å². The van der Waals surface area contributed by atoms with Crippen LogP contribution in [-0.2, 0) is 10.4 Å². The lowest BCUT2D eigenvalue weighted by atomic mass is 9.79.